The molecule has 0 bridgehead atoms. The van der Waals surface area contributed by atoms with Gasteiger partial charge < -0.3 is 0 Å². The van der Waals surface area contributed by atoms with Gasteiger partial charge in [0.1, 0.15) is 0 Å². The van der Waals surface area contributed by atoms with E-state index in [9.17, 15) is 0 Å². The summed E-state index contributed by atoms with van der Waals surface area (Å²) in [7, 11) is 0. The van der Waals surface area contributed by atoms with Gasteiger partial charge in [-0.2, -0.15) is 0 Å². The first-order chi connectivity index (χ1) is 27.6. The lowest BCUT2D eigenvalue weighted by Gasteiger charge is -2.54. The minimum Gasteiger partial charge on any atom is -0.0616 e. The zero-order valence-electron chi connectivity index (χ0n) is 33.7. The molecule has 0 fully saturated rings. The highest BCUT2D eigenvalue weighted by atomic mass is 14.6. The average molecular weight is 731 g/mol. The van der Waals surface area contributed by atoms with Crippen LogP contribution in [-0.4, -0.2) is 0 Å². The Balaban J connectivity index is 1.35. The third-order valence-electron chi connectivity index (χ3n) is 13.5. The van der Waals surface area contributed by atoms with Crippen LogP contribution in [0.25, 0.3) is 98.0 Å². The number of fused-ring (bicyclic) bond motifs is 13. The molecular weight excluding hydrogens is 685 g/mol. The first-order valence-corrected chi connectivity index (χ1v) is 20.5. The summed E-state index contributed by atoms with van der Waals surface area (Å²) in [5.74, 6) is 0. The second kappa shape index (κ2) is 11.9. The molecule has 0 aromatic heterocycles. The van der Waals surface area contributed by atoms with E-state index in [1.165, 1.54) is 109 Å². The molecule has 10 aromatic carbocycles. The molecule has 1 aliphatic carbocycles. The van der Waals surface area contributed by atoms with Gasteiger partial charge in [0.25, 0.3) is 0 Å². The van der Waals surface area contributed by atoms with Crippen LogP contribution in [0, 0.1) is 10.8 Å². The van der Waals surface area contributed by atoms with Gasteiger partial charge in [0.05, 0.1) is 0 Å². The van der Waals surface area contributed by atoms with Gasteiger partial charge in [-0.25, -0.2) is 0 Å². The normalized spacial score (nSPS) is 13.9. The van der Waals surface area contributed by atoms with Crippen LogP contribution in [0.2, 0.25) is 0 Å². The Labute approximate surface area is 335 Å². The van der Waals surface area contributed by atoms with Gasteiger partial charge in [-0.3, -0.25) is 0 Å². The highest BCUT2D eigenvalue weighted by Gasteiger charge is 2.59. The Morgan fingerprint density at radius 3 is 1.25 bits per heavy atom. The molecule has 0 unspecified atom stereocenters. The molecule has 274 valence electrons. The monoisotopic (exact) mass is 730 g/mol. The Bertz CT molecular complexity index is 3240. The van der Waals surface area contributed by atoms with Crippen molar-refractivity contribution in [2.45, 2.75) is 47.0 Å². The minimum atomic E-state index is -0.309. The molecule has 57 heavy (non-hydrogen) atoms. The maximum Gasteiger partial charge on any atom is 0.0324 e. The van der Waals surface area contributed by atoms with Crippen molar-refractivity contribution in [2.75, 3.05) is 0 Å². The zero-order chi connectivity index (χ0) is 38.8. The van der Waals surface area contributed by atoms with E-state index in [1.807, 2.05) is 0 Å². The van der Waals surface area contributed by atoms with Gasteiger partial charge in [0.2, 0.25) is 0 Å². The molecule has 1 aliphatic rings. The summed E-state index contributed by atoms with van der Waals surface area (Å²) >= 11 is 0. The van der Waals surface area contributed by atoms with Crippen molar-refractivity contribution in [1.29, 1.82) is 0 Å². The van der Waals surface area contributed by atoms with Crippen molar-refractivity contribution >= 4 is 64.6 Å². The lowest BCUT2D eigenvalue weighted by atomic mass is 9.49. The summed E-state index contributed by atoms with van der Waals surface area (Å²) in [5.41, 5.74) is 10.3. The average Bonchev–Trinajstić information content (AvgIpc) is 3.56. The fourth-order valence-corrected chi connectivity index (χ4v) is 11.8. The van der Waals surface area contributed by atoms with Crippen molar-refractivity contribution in [2.24, 2.45) is 10.8 Å². The van der Waals surface area contributed by atoms with Gasteiger partial charge in [-0.15, -0.1) is 0 Å². The molecule has 0 saturated heterocycles. The smallest absolute Gasteiger partial charge is 0.0324 e. The summed E-state index contributed by atoms with van der Waals surface area (Å²) in [6.45, 7) is 14.9. The fraction of sp³-hybridized carbons (Fsp3) is 0.158. The van der Waals surface area contributed by atoms with Crippen molar-refractivity contribution in [3.63, 3.8) is 0 Å². The lowest BCUT2D eigenvalue weighted by Crippen LogP contribution is -2.50. The van der Waals surface area contributed by atoms with E-state index in [1.54, 1.807) is 0 Å². The molecule has 0 heteroatoms. The SMILES string of the molecule is CC(C)(C)C1(C(C)(C)C)c2c(cc(-c3c4ccccc4c(-c4ccc5ccccc5c4)c4ccccc34)c3ccccc23)-c2c1c1ccccc1c1ccccc21. The van der Waals surface area contributed by atoms with Crippen molar-refractivity contribution < 1.29 is 0 Å². The Kier molecular flexibility index (Phi) is 7.10. The molecule has 10 aromatic rings. The minimum absolute atomic E-state index is 0.123. The summed E-state index contributed by atoms with van der Waals surface area (Å²) in [6, 6.07) is 64.2. The molecule has 0 N–H and O–H groups in total. The predicted molar refractivity (Wildman–Crippen MR) is 247 cm³/mol. The van der Waals surface area contributed by atoms with E-state index >= 15 is 0 Å². The number of rotatable bonds is 2. The molecule has 0 radical (unpaired) electrons. The molecule has 0 spiro atoms. The van der Waals surface area contributed by atoms with Gasteiger partial charge in [0, 0.05) is 5.41 Å². The van der Waals surface area contributed by atoms with Crippen molar-refractivity contribution in [3.8, 4) is 33.4 Å². The van der Waals surface area contributed by atoms with Crippen LogP contribution >= 0.6 is 0 Å². The zero-order valence-corrected chi connectivity index (χ0v) is 33.7. The molecule has 11 rings (SSSR count). The van der Waals surface area contributed by atoms with Crippen LogP contribution in [0.3, 0.4) is 0 Å². The topological polar surface area (TPSA) is 0 Å². The van der Waals surface area contributed by atoms with Crippen LogP contribution in [0.5, 0.6) is 0 Å². The Morgan fingerprint density at radius 2 is 0.702 bits per heavy atom. The van der Waals surface area contributed by atoms with Gasteiger partial charge in [-0.05, 0) is 132 Å². The molecule has 0 nitrogen and oxygen atoms in total. The highest BCUT2D eigenvalue weighted by molar-refractivity contribution is 6.26. The van der Waals surface area contributed by atoms with Crippen LogP contribution in [0.4, 0.5) is 0 Å². The van der Waals surface area contributed by atoms with Gasteiger partial charge in [0.15, 0.2) is 0 Å². The molecule has 0 saturated carbocycles. The summed E-state index contributed by atoms with van der Waals surface area (Å²) in [4.78, 5) is 0. The second-order valence-corrected chi connectivity index (χ2v) is 18.4. The summed E-state index contributed by atoms with van der Waals surface area (Å²) in [5, 5.41) is 15.7. The number of benzene rings is 10. The van der Waals surface area contributed by atoms with Crippen LogP contribution < -0.4 is 0 Å². The van der Waals surface area contributed by atoms with Crippen molar-refractivity contribution in [1.82, 2.24) is 0 Å². The van der Waals surface area contributed by atoms with Gasteiger partial charge in [-0.1, -0.05) is 199 Å². The maximum absolute atomic E-state index is 2.61. The van der Waals surface area contributed by atoms with E-state index in [4.69, 9.17) is 0 Å². The van der Waals surface area contributed by atoms with Crippen LogP contribution in [0.15, 0.2) is 170 Å². The standard InChI is InChI=1S/C57H46/c1-55(2,3)57(56(4,5)6)53-46-29-17-11-23-40(46)48(34-49(53)52-41-24-12-9-21-38(41)39-22-10-18-30-47(39)54(52)57)51-44-27-15-13-25-42(44)50(43-26-14-16-28-45(43)51)37-32-31-35-19-7-8-20-36(35)33-37/h7-34H,1-6H3. The lowest BCUT2D eigenvalue weighted by molar-refractivity contribution is 0.0977. The molecular formula is C57H46. The van der Waals surface area contributed by atoms with E-state index in [-0.39, 0.29) is 16.2 Å². The Morgan fingerprint density at radius 1 is 0.298 bits per heavy atom. The summed E-state index contributed by atoms with van der Waals surface area (Å²) in [6.07, 6.45) is 0. The molecule has 0 aliphatic heterocycles. The van der Waals surface area contributed by atoms with E-state index in [2.05, 4.69) is 211 Å². The number of hydrogen-bond donors (Lipinski definition) is 0. The first kappa shape index (κ1) is 34.0. The summed E-state index contributed by atoms with van der Waals surface area (Å²) < 4.78 is 0. The first-order valence-electron chi connectivity index (χ1n) is 20.5. The molecule has 0 atom stereocenters. The molecule has 0 heterocycles. The highest BCUT2D eigenvalue weighted by Crippen LogP contribution is 2.69. The van der Waals surface area contributed by atoms with Crippen LogP contribution in [-0.2, 0) is 5.41 Å². The van der Waals surface area contributed by atoms with E-state index in [0.29, 0.717) is 0 Å². The van der Waals surface area contributed by atoms with Crippen LogP contribution in [0.1, 0.15) is 52.7 Å². The Hall–Kier alpha value is -6.24. The number of hydrogen-bond acceptors (Lipinski definition) is 0. The third-order valence-corrected chi connectivity index (χ3v) is 13.5. The van der Waals surface area contributed by atoms with E-state index in [0.717, 1.165) is 0 Å². The predicted octanol–water partition coefficient (Wildman–Crippen LogP) is 16.3. The third kappa shape index (κ3) is 4.50. The maximum atomic E-state index is 2.61. The van der Waals surface area contributed by atoms with E-state index < -0.39 is 0 Å². The van der Waals surface area contributed by atoms with Gasteiger partial charge >= 0.3 is 0 Å². The fourth-order valence-electron chi connectivity index (χ4n) is 11.8. The molecule has 0 amide bonds. The van der Waals surface area contributed by atoms with Crippen molar-refractivity contribution in [3.05, 3.63) is 181 Å². The largest absolute Gasteiger partial charge is 0.0616 e. The quantitative estimate of drug-likeness (QED) is 0.123. The second-order valence-electron chi connectivity index (χ2n) is 18.4.